The third kappa shape index (κ3) is 3.50. The summed E-state index contributed by atoms with van der Waals surface area (Å²) >= 11 is 1.66. The Morgan fingerprint density at radius 1 is 1.23 bits per heavy atom. The molecule has 1 saturated heterocycles. The Labute approximate surface area is 183 Å². The molecule has 8 heteroatoms. The summed E-state index contributed by atoms with van der Waals surface area (Å²) in [5, 5.41) is 5.19. The zero-order valence-electron chi connectivity index (χ0n) is 17.6. The van der Waals surface area contributed by atoms with Gasteiger partial charge in [0.05, 0.1) is 23.5 Å². The predicted molar refractivity (Wildman–Crippen MR) is 122 cm³/mol. The number of rotatable bonds is 5. The summed E-state index contributed by atoms with van der Waals surface area (Å²) in [6.45, 7) is 4.10. The molecule has 0 saturated carbocycles. The molecule has 4 aromatic rings. The lowest BCUT2D eigenvalue weighted by Crippen LogP contribution is -2.36. The summed E-state index contributed by atoms with van der Waals surface area (Å²) in [6.07, 6.45) is 3.77. The molecule has 0 spiro atoms. The van der Waals surface area contributed by atoms with Crippen molar-refractivity contribution >= 4 is 38.4 Å². The molecule has 0 N–H and O–H groups in total. The van der Waals surface area contributed by atoms with E-state index in [1.807, 2.05) is 33.7 Å². The molecule has 31 heavy (non-hydrogen) atoms. The second-order valence-electron chi connectivity index (χ2n) is 7.97. The van der Waals surface area contributed by atoms with Gasteiger partial charge in [0.15, 0.2) is 0 Å². The fourth-order valence-corrected chi connectivity index (χ4v) is 5.37. The van der Waals surface area contributed by atoms with Crippen LogP contribution in [0.15, 0.2) is 41.3 Å². The quantitative estimate of drug-likeness (QED) is 0.481. The second-order valence-corrected chi connectivity index (χ2v) is 9.22. The van der Waals surface area contributed by atoms with Gasteiger partial charge in [-0.3, -0.25) is 9.59 Å². The van der Waals surface area contributed by atoms with Crippen molar-refractivity contribution in [2.75, 3.05) is 20.2 Å². The molecule has 1 aromatic carbocycles. The van der Waals surface area contributed by atoms with Gasteiger partial charge >= 0.3 is 0 Å². The highest BCUT2D eigenvalue weighted by molar-refractivity contribution is 7.20. The van der Waals surface area contributed by atoms with E-state index in [0.29, 0.717) is 12.1 Å². The van der Waals surface area contributed by atoms with Crippen LogP contribution in [0.5, 0.6) is 5.75 Å². The fourth-order valence-electron chi connectivity index (χ4n) is 4.35. The Bertz CT molecular complexity index is 1340. The number of amides is 1. The number of carbonyl (C=O) groups excluding carboxylic acids is 1. The summed E-state index contributed by atoms with van der Waals surface area (Å²) < 4.78 is 9.77. The van der Waals surface area contributed by atoms with Gasteiger partial charge in [-0.15, -0.1) is 11.3 Å². The number of methoxy groups -OCH3 is 1. The zero-order chi connectivity index (χ0) is 21.5. The number of carbonyl (C=O) groups is 1. The van der Waals surface area contributed by atoms with Crippen LogP contribution in [0.25, 0.3) is 21.1 Å². The molecule has 1 fully saturated rings. The molecule has 0 bridgehead atoms. The van der Waals surface area contributed by atoms with Gasteiger partial charge in [0.1, 0.15) is 17.8 Å². The monoisotopic (exact) mass is 436 g/mol. The maximum Gasteiger partial charge on any atom is 0.291 e. The van der Waals surface area contributed by atoms with Crippen molar-refractivity contribution < 1.29 is 9.53 Å². The van der Waals surface area contributed by atoms with Gasteiger partial charge < -0.3 is 14.2 Å². The molecule has 3 aromatic heterocycles. The van der Waals surface area contributed by atoms with Crippen molar-refractivity contribution in [2.45, 2.75) is 32.9 Å². The Kier molecular flexibility index (Phi) is 5.02. The first-order chi connectivity index (χ1) is 15.0. The maximum absolute atomic E-state index is 13.5. The summed E-state index contributed by atoms with van der Waals surface area (Å²) in [5.41, 5.74) is 2.42. The van der Waals surface area contributed by atoms with E-state index in [0.717, 1.165) is 52.8 Å². The van der Waals surface area contributed by atoms with Gasteiger partial charge in [-0.2, -0.15) is 5.10 Å². The maximum atomic E-state index is 13.5. The average molecular weight is 437 g/mol. The molecule has 7 nitrogen and oxygen atoms in total. The summed E-state index contributed by atoms with van der Waals surface area (Å²) in [7, 11) is 1.65. The molecule has 0 aliphatic carbocycles. The molecule has 1 aliphatic rings. The third-order valence-electron chi connectivity index (χ3n) is 5.88. The summed E-state index contributed by atoms with van der Waals surface area (Å²) in [6, 6.07) is 9.97. The molecule has 4 heterocycles. The normalized spacial score (nSPS) is 14.1. The van der Waals surface area contributed by atoms with Crippen LogP contribution in [-0.2, 0) is 17.9 Å². The van der Waals surface area contributed by atoms with Crippen molar-refractivity contribution in [3.05, 3.63) is 57.3 Å². The molecule has 160 valence electrons. The van der Waals surface area contributed by atoms with E-state index in [1.54, 1.807) is 24.6 Å². The van der Waals surface area contributed by atoms with Crippen LogP contribution >= 0.6 is 11.3 Å². The smallest absolute Gasteiger partial charge is 0.291 e. The minimum absolute atomic E-state index is 0.0220. The largest absolute Gasteiger partial charge is 0.497 e. The number of fused-ring (bicyclic) bond motifs is 3. The Morgan fingerprint density at radius 2 is 2.03 bits per heavy atom. The number of aryl methyl sites for hydroxylation is 1. The first-order valence-corrected chi connectivity index (χ1v) is 11.3. The molecule has 0 radical (unpaired) electrons. The minimum Gasteiger partial charge on any atom is -0.497 e. The number of likely N-dealkylation sites (tertiary alicyclic amines) is 1. The second kappa shape index (κ2) is 7.85. The Morgan fingerprint density at radius 3 is 2.81 bits per heavy atom. The van der Waals surface area contributed by atoms with Crippen LogP contribution < -0.4 is 10.3 Å². The van der Waals surface area contributed by atoms with E-state index in [4.69, 9.17) is 4.74 Å². The van der Waals surface area contributed by atoms with E-state index in [1.165, 1.54) is 9.56 Å². The molecular formula is C23H24N4O3S. The van der Waals surface area contributed by atoms with Crippen LogP contribution in [0.2, 0.25) is 0 Å². The van der Waals surface area contributed by atoms with E-state index in [-0.39, 0.29) is 18.0 Å². The first-order valence-electron chi connectivity index (χ1n) is 10.4. The number of nitrogens with zero attached hydrogens (tertiary/aromatic N) is 4. The van der Waals surface area contributed by atoms with Crippen LogP contribution in [0, 0.1) is 6.92 Å². The summed E-state index contributed by atoms with van der Waals surface area (Å²) in [4.78, 5) is 29.1. The third-order valence-corrected chi connectivity index (χ3v) is 6.95. The molecule has 0 unspecified atom stereocenters. The van der Waals surface area contributed by atoms with Gasteiger partial charge in [0.2, 0.25) is 5.91 Å². The average Bonchev–Trinajstić information content (AvgIpc) is 3.48. The van der Waals surface area contributed by atoms with Gasteiger partial charge in [0, 0.05) is 29.9 Å². The van der Waals surface area contributed by atoms with E-state index < -0.39 is 0 Å². The van der Waals surface area contributed by atoms with E-state index >= 15 is 0 Å². The minimum atomic E-state index is -0.228. The van der Waals surface area contributed by atoms with Crippen LogP contribution in [-0.4, -0.2) is 45.4 Å². The lowest BCUT2D eigenvalue weighted by Gasteiger charge is -2.15. The highest BCUT2D eigenvalue weighted by Gasteiger charge is 2.22. The van der Waals surface area contributed by atoms with E-state index in [9.17, 15) is 9.59 Å². The standard InChI is InChI=1S/C23H24N4O3S/c1-15-10-19-22(31-15)18-12-24-27(14-20(28)25-8-3-4-9-25)23(29)21(18)26(19)13-16-6-5-7-17(11-16)30-2/h5-7,10-12H,3-4,8-9,13-14H2,1-2H3. The van der Waals surface area contributed by atoms with Crippen molar-refractivity contribution in [2.24, 2.45) is 0 Å². The van der Waals surface area contributed by atoms with Crippen molar-refractivity contribution in [3.8, 4) is 5.75 Å². The lowest BCUT2D eigenvalue weighted by molar-refractivity contribution is -0.131. The predicted octanol–water partition coefficient (Wildman–Crippen LogP) is 3.40. The molecule has 0 atom stereocenters. The number of hydrogen-bond acceptors (Lipinski definition) is 5. The van der Waals surface area contributed by atoms with Crippen LogP contribution in [0.1, 0.15) is 23.3 Å². The summed E-state index contributed by atoms with van der Waals surface area (Å²) in [5.74, 6) is 0.733. The molecular weight excluding hydrogens is 412 g/mol. The van der Waals surface area contributed by atoms with Gasteiger partial charge in [0.25, 0.3) is 5.56 Å². The van der Waals surface area contributed by atoms with Gasteiger partial charge in [-0.05, 0) is 43.5 Å². The number of thiophene rings is 1. The zero-order valence-corrected chi connectivity index (χ0v) is 18.4. The van der Waals surface area contributed by atoms with E-state index in [2.05, 4.69) is 18.1 Å². The SMILES string of the molecule is COc1cccc(Cn2c3cc(C)sc3c3cnn(CC(=O)N4CCCC4)c(=O)c32)c1. The Hall–Kier alpha value is -3.13. The highest BCUT2D eigenvalue weighted by Crippen LogP contribution is 2.34. The van der Waals surface area contributed by atoms with Crippen molar-refractivity contribution in [3.63, 3.8) is 0 Å². The number of hydrogen-bond donors (Lipinski definition) is 0. The Balaban J connectivity index is 1.62. The number of aromatic nitrogens is 3. The van der Waals surface area contributed by atoms with Crippen molar-refractivity contribution in [1.82, 2.24) is 19.2 Å². The van der Waals surface area contributed by atoms with Crippen molar-refractivity contribution in [1.29, 1.82) is 0 Å². The molecule has 1 aliphatic heterocycles. The van der Waals surface area contributed by atoms with Crippen LogP contribution in [0.4, 0.5) is 0 Å². The number of benzene rings is 1. The molecule has 1 amide bonds. The topological polar surface area (TPSA) is 69.4 Å². The van der Waals surface area contributed by atoms with Gasteiger partial charge in [-0.1, -0.05) is 12.1 Å². The first kappa shape index (κ1) is 19.8. The molecule has 5 rings (SSSR count). The highest BCUT2D eigenvalue weighted by atomic mass is 32.1. The number of ether oxygens (including phenoxy) is 1. The fraction of sp³-hybridized carbons (Fsp3) is 0.348. The van der Waals surface area contributed by atoms with Crippen LogP contribution in [0.3, 0.4) is 0 Å². The van der Waals surface area contributed by atoms with Gasteiger partial charge in [-0.25, -0.2) is 4.68 Å². The lowest BCUT2D eigenvalue weighted by atomic mass is 10.2.